The zero-order valence-electron chi connectivity index (χ0n) is 10.8. The van der Waals surface area contributed by atoms with Crippen molar-refractivity contribution < 1.29 is 22.7 Å². The minimum atomic E-state index is -4.76. The molecule has 0 aromatic heterocycles. The van der Waals surface area contributed by atoms with E-state index in [2.05, 4.69) is 10.1 Å². The van der Waals surface area contributed by atoms with E-state index in [0.717, 1.165) is 0 Å². The van der Waals surface area contributed by atoms with E-state index in [0.29, 0.717) is 0 Å². The van der Waals surface area contributed by atoms with Gasteiger partial charge in [0.1, 0.15) is 5.75 Å². The topological polar surface area (TPSA) is 38.3 Å². The molecule has 0 aliphatic heterocycles. The summed E-state index contributed by atoms with van der Waals surface area (Å²) in [5.74, 6) is -0.720. The van der Waals surface area contributed by atoms with Crippen LogP contribution in [0.5, 0.6) is 5.75 Å². The third kappa shape index (κ3) is 6.08. The van der Waals surface area contributed by atoms with Crippen molar-refractivity contribution in [2.45, 2.75) is 19.8 Å². The molecule has 0 bridgehead atoms. The van der Waals surface area contributed by atoms with Crippen molar-refractivity contribution in [3.63, 3.8) is 0 Å². The molecular formula is C14H14F3NO2. The molecule has 1 aromatic carbocycles. The van der Waals surface area contributed by atoms with Gasteiger partial charge in [0, 0.05) is 18.2 Å². The van der Waals surface area contributed by atoms with E-state index in [9.17, 15) is 18.0 Å². The third-order valence-corrected chi connectivity index (χ3v) is 2.20. The van der Waals surface area contributed by atoms with Crippen molar-refractivity contribution in [1.29, 1.82) is 0 Å². The number of alkyl halides is 3. The molecule has 0 spiro atoms. The van der Waals surface area contributed by atoms with E-state index in [4.69, 9.17) is 0 Å². The van der Waals surface area contributed by atoms with Gasteiger partial charge in [-0.15, -0.1) is 13.2 Å². The maximum atomic E-state index is 12.2. The second-order valence-corrected chi connectivity index (χ2v) is 3.76. The maximum Gasteiger partial charge on any atom is 0.573 e. The van der Waals surface area contributed by atoms with Crippen molar-refractivity contribution in [2.24, 2.45) is 0 Å². The number of benzene rings is 1. The molecule has 0 saturated carbocycles. The predicted octanol–water partition coefficient (Wildman–Crippen LogP) is 3.33. The average Bonchev–Trinajstić information content (AvgIpc) is 2.36. The quantitative estimate of drug-likeness (QED) is 0.665. The molecule has 0 fully saturated rings. The summed E-state index contributed by atoms with van der Waals surface area (Å²) in [6.07, 6.45) is 1.48. The molecule has 3 nitrogen and oxygen atoms in total. The molecule has 0 aliphatic rings. The van der Waals surface area contributed by atoms with Crippen LogP contribution in [0.4, 0.5) is 13.2 Å². The predicted molar refractivity (Wildman–Crippen MR) is 68.9 cm³/mol. The lowest BCUT2D eigenvalue weighted by Gasteiger charge is -2.13. The second-order valence-electron chi connectivity index (χ2n) is 3.76. The highest BCUT2D eigenvalue weighted by Crippen LogP contribution is 2.25. The van der Waals surface area contributed by atoms with Gasteiger partial charge in [0.15, 0.2) is 0 Å². The first-order valence-electron chi connectivity index (χ1n) is 5.83. The van der Waals surface area contributed by atoms with Gasteiger partial charge in [0.05, 0.1) is 0 Å². The maximum absolute atomic E-state index is 12.2. The summed E-state index contributed by atoms with van der Waals surface area (Å²) in [5, 5.41) is 2.48. The van der Waals surface area contributed by atoms with Crippen LogP contribution in [0.15, 0.2) is 48.6 Å². The van der Waals surface area contributed by atoms with Crippen LogP contribution < -0.4 is 10.1 Å². The smallest absolute Gasteiger partial charge is 0.405 e. The lowest BCUT2D eigenvalue weighted by molar-refractivity contribution is -0.274. The van der Waals surface area contributed by atoms with Gasteiger partial charge < -0.3 is 10.1 Å². The number of para-hydroxylation sites is 1. The molecule has 108 valence electrons. The van der Waals surface area contributed by atoms with Crippen LogP contribution in [0.3, 0.4) is 0 Å². The molecule has 0 heterocycles. The lowest BCUT2D eigenvalue weighted by Crippen LogP contribution is -2.22. The van der Waals surface area contributed by atoms with Crippen LogP contribution in [0.25, 0.3) is 0 Å². The standard InChI is InChI=1S/C14H14F3NO2/c1-2-3-4-9-13(19)18-10-11-7-5-6-8-12(11)20-14(15,16)17/h2-9H,10H2,1H3,(H,18,19)/b3-2+,9-4+. The van der Waals surface area contributed by atoms with Gasteiger partial charge in [-0.1, -0.05) is 36.4 Å². The zero-order chi connectivity index (χ0) is 15.0. The fraction of sp³-hybridized carbons (Fsp3) is 0.214. The highest BCUT2D eigenvalue weighted by Gasteiger charge is 2.31. The number of halogens is 3. The Labute approximate surface area is 114 Å². The largest absolute Gasteiger partial charge is 0.573 e. The fourth-order valence-electron chi connectivity index (χ4n) is 1.37. The van der Waals surface area contributed by atoms with E-state index in [1.807, 2.05) is 0 Å². The van der Waals surface area contributed by atoms with Crippen molar-refractivity contribution in [3.8, 4) is 5.75 Å². The molecule has 0 atom stereocenters. The van der Waals surface area contributed by atoms with Crippen LogP contribution >= 0.6 is 0 Å². The number of amides is 1. The number of rotatable bonds is 5. The van der Waals surface area contributed by atoms with Crippen LogP contribution in [0.2, 0.25) is 0 Å². The summed E-state index contributed by atoms with van der Waals surface area (Å²) < 4.78 is 40.5. The Morgan fingerprint density at radius 2 is 2.00 bits per heavy atom. The minimum Gasteiger partial charge on any atom is -0.405 e. The number of nitrogens with one attached hydrogen (secondary N) is 1. The average molecular weight is 285 g/mol. The Hall–Kier alpha value is -2.24. The van der Waals surface area contributed by atoms with Crippen molar-refractivity contribution in [2.75, 3.05) is 0 Å². The van der Waals surface area contributed by atoms with Crippen molar-refractivity contribution >= 4 is 5.91 Å². The third-order valence-electron chi connectivity index (χ3n) is 2.20. The molecule has 20 heavy (non-hydrogen) atoms. The zero-order valence-corrected chi connectivity index (χ0v) is 10.8. The number of carbonyl (C=O) groups is 1. The first-order chi connectivity index (χ1) is 9.42. The van der Waals surface area contributed by atoms with Gasteiger partial charge in [-0.05, 0) is 13.0 Å². The molecule has 0 unspecified atom stereocenters. The molecule has 0 saturated heterocycles. The van der Waals surface area contributed by atoms with E-state index in [1.165, 1.54) is 30.4 Å². The Balaban J connectivity index is 2.66. The Bertz CT molecular complexity index is 507. The monoisotopic (exact) mass is 285 g/mol. The molecule has 0 radical (unpaired) electrons. The van der Waals surface area contributed by atoms with E-state index in [1.54, 1.807) is 25.1 Å². The second kappa shape index (κ2) is 7.37. The van der Waals surface area contributed by atoms with Crippen LogP contribution in [0, 0.1) is 0 Å². The highest BCUT2D eigenvalue weighted by atomic mass is 19.4. The summed E-state index contributed by atoms with van der Waals surface area (Å²) in [6, 6.07) is 5.65. The first-order valence-corrected chi connectivity index (χ1v) is 5.83. The summed E-state index contributed by atoms with van der Waals surface area (Å²) >= 11 is 0. The van der Waals surface area contributed by atoms with Gasteiger partial charge in [-0.3, -0.25) is 4.79 Å². The van der Waals surface area contributed by atoms with Crippen LogP contribution in [-0.2, 0) is 11.3 Å². The van der Waals surface area contributed by atoms with Crippen molar-refractivity contribution in [1.82, 2.24) is 5.32 Å². The summed E-state index contributed by atoms with van der Waals surface area (Å²) in [7, 11) is 0. The summed E-state index contributed by atoms with van der Waals surface area (Å²) in [5.41, 5.74) is 0.248. The first kappa shape index (κ1) is 15.8. The summed E-state index contributed by atoms with van der Waals surface area (Å²) in [6.45, 7) is 1.75. The van der Waals surface area contributed by atoms with Gasteiger partial charge in [-0.25, -0.2) is 0 Å². The molecule has 0 aliphatic carbocycles. The van der Waals surface area contributed by atoms with Gasteiger partial charge in [0.25, 0.3) is 0 Å². The van der Waals surface area contributed by atoms with Gasteiger partial charge in [0.2, 0.25) is 5.91 Å². The van der Waals surface area contributed by atoms with Gasteiger partial charge >= 0.3 is 6.36 Å². The molecular weight excluding hydrogens is 271 g/mol. The molecule has 1 aromatic rings. The van der Waals surface area contributed by atoms with E-state index >= 15 is 0 Å². The molecule has 1 amide bonds. The van der Waals surface area contributed by atoms with Crippen LogP contribution in [0.1, 0.15) is 12.5 Å². The number of hydrogen-bond donors (Lipinski definition) is 1. The van der Waals surface area contributed by atoms with E-state index in [-0.39, 0.29) is 17.9 Å². The van der Waals surface area contributed by atoms with Crippen molar-refractivity contribution in [3.05, 3.63) is 54.1 Å². The highest BCUT2D eigenvalue weighted by molar-refractivity contribution is 5.87. The molecule has 1 N–H and O–H groups in total. The number of ether oxygens (including phenoxy) is 1. The fourth-order valence-corrected chi connectivity index (χ4v) is 1.37. The minimum absolute atomic E-state index is 0.0503. The van der Waals surface area contributed by atoms with E-state index < -0.39 is 12.3 Å². The lowest BCUT2D eigenvalue weighted by atomic mass is 10.2. The normalized spacial score (nSPS) is 12.0. The summed E-state index contributed by atoms with van der Waals surface area (Å²) in [4.78, 5) is 11.4. The number of carbonyl (C=O) groups excluding carboxylic acids is 1. The Morgan fingerprint density at radius 3 is 2.65 bits per heavy atom. The van der Waals surface area contributed by atoms with Crippen LogP contribution in [-0.4, -0.2) is 12.3 Å². The Kier molecular flexibility index (Phi) is 5.83. The SMILES string of the molecule is C/C=C/C=C/C(=O)NCc1ccccc1OC(F)(F)F. The van der Waals surface area contributed by atoms with Gasteiger partial charge in [-0.2, -0.15) is 0 Å². The number of allylic oxidation sites excluding steroid dienone is 3. The number of hydrogen-bond acceptors (Lipinski definition) is 2. The molecule has 6 heteroatoms. The Morgan fingerprint density at radius 1 is 1.30 bits per heavy atom. The molecule has 1 rings (SSSR count).